The molecule has 1 aromatic heterocycles. The van der Waals surface area contributed by atoms with Crippen molar-refractivity contribution in [3.05, 3.63) is 56.0 Å². The Morgan fingerprint density at radius 3 is 2.79 bits per heavy atom. The number of hydrogen-bond acceptors (Lipinski definition) is 5. The maximum atomic E-state index is 14.0. The number of anilines is 1. The van der Waals surface area contributed by atoms with Gasteiger partial charge in [0.15, 0.2) is 5.56 Å². The highest BCUT2D eigenvalue weighted by Gasteiger charge is 2.25. The number of fused-ring (bicyclic) bond motifs is 1. The van der Waals surface area contributed by atoms with Gasteiger partial charge >= 0.3 is 5.69 Å². The van der Waals surface area contributed by atoms with E-state index < -0.39 is 11.2 Å². The Bertz CT molecular complexity index is 974. The molecule has 2 heterocycles. The lowest BCUT2D eigenvalue weighted by molar-refractivity contribution is 0.583. The largest absolute Gasteiger partial charge is 0.363 e. The number of nitriles is 1. The quantitative estimate of drug-likeness (QED) is 0.896. The van der Waals surface area contributed by atoms with Gasteiger partial charge in [0.1, 0.15) is 17.7 Å². The minimum absolute atomic E-state index is 0.129. The Balaban J connectivity index is 2.12. The SMILES string of the molecule is Cn1c(N[C@H]2CCSc3c(F)cccc32)c(C#N)c(=O)n(C)c1=O. The van der Waals surface area contributed by atoms with E-state index in [9.17, 15) is 19.2 Å². The molecule has 24 heavy (non-hydrogen) atoms. The lowest BCUT2D eigenvalue weighted by Gasteiger charge is -2.28. The summed E-state index contributed by atoms with van der Waals surface area (Å²) in [6.45, 7) is 0. The molecule has 0 bridgehead atoms. The number of nitrogens with zero attached hydrogens (tertiary/aromatic N) is 3. The van der Waals surface area contributed by atoms with Crippen molar-refractivity contribution in [2.24, 2.45) is 14.1 Å². The van der Waals surface area contributed by atoms with Crippen molar-refractivity contribution in [2.45, 2.75) is 17.4 Å². The number of nitrogens with one attached hydrogen (secondary N) is 1. The van der Waals surface area contributed by atoms with E-state index in [1.165, 1.54) is 36.5 Å². The lowest BCUT2D eigenvalue weighted by atomic mass is 10.0. The molecule has 0 radical (unpaired) electrons. The van der Waals surface area contributed by atoms with Gasteiger partial charge in [-0.25, -0.2) is 9.18 Å². The highest BCUT2D eigenvalue weighted by molar-refractivity contribution is 7.99. The van der Waals surface area contributed by atoms with E-state index in [0.29, 0.717) is 17.1 Å². The fourth-order valence-electron chi connectivity index (χ4n) is 2.82. The summed E-state index contributed by atoms with van der Waals surface area (Å²) in [5, 5.41) is 12.4. The predicted molar refractivity (Wildman–Crippen MR) is 89.7 cm³/mol. The minimum atomic E-state index is -0.646. The number of rotatable bonds is 2. The molecule has 0 amide bonds. The van der Waals surface area contributed by atoms with Crippen LogP contribution in [0.25, 0.3) is 0 Å². The van der Waals surface area contributed by atoms with E-state index in [-0.39, 0.29) is 23.2 Å². The summed E-state index contributed by atoms with van der Waals surface area (Å²) in [4.78, 5) is 24.9. The summed E-state index contributed by atoms with van der Waals surface area (Å²) < 4.78 is 16.1. The third kappa shape index (κ3) is 2.51. The Labute approximate surface area is 141 Å². The number of hydrogen-bond donors (Lipinski definition) is 1. The molecule has 0 fully saturated rings. The van der Waals surface area contributed by atoms with Gasteiger partial charge in [-0.05, 0) is 18.1 Å². The second kappa shape index (κ2) is 6.17. The molecule has 1 N–H and O–H groups in total. The van der Waals surface area contributed by atoms with Gasteiger partial charge < -0.3 is 5.32 Å². The van der Waals surface area contributed by atoms with Crippen molar-refractivity contribution in [3.63, 3.8) is 0 Å². The predicted octanol–water partition coefficient (Wildman–Crippen LogP) is 1.74. The van der Waals surface area contributed by atoms with Gasteiger partial charge in [-0.3, -0.25) is 13.9 Å². The first-order valence-corrected chi connectivity index (χ1v) is 8.32. The van der Waals surface area contributed by atoms with E-state index in [1.807, 2.05) is 12.1 Å². The van der Waals surface area contributed by atoms with Crippen molar-refractivity contribution >= 4 is 17.6 Å². The van der Waals surface area contributed by atoms with Crippen LogP contribution in [0.5, 0.6) is 0 Å². The molecule has 3 rings (SSSR count). The Kier molecular flexibility index (Phi) is 4.20. The maximum absolute atomic E-state index is 14.0. The van der Waals surface area contributed by atoms with E-state index in [0.717, 1.165) is 10.1 Å². The normalized spacial score (nSPS) is 16.3. The van der Waals surface area contributed by atoms with Gasteiger partial charge in [0.25, 0.3) is 5.56 Å². The first kappa shape index (κ1) is 16.3. The smallest absolute Gasteiger partial charge is 0.332 e. The minimum Gasteiger partial charge on any atom is -0.363 e. The number of thioether (sulfide) groups is 1. The zero-order valence-electron chi connectivity index (χ0n) is 13.2. The first-order valence-electron chi connectivity index (χ1n) is 7.33. The fraction of sp³-hybridized carbons (Fsp3) is 0.312. The zero-order chi connectivity index (χ0) is 17.4. The van der Waals surface area contributed by atoms with Crippen molar-refractivity contribution in [3.8, 4) is 6.07 Å². The Morgan fingerprint density at radius 1 is 1.33 bits per heavy atom. The van der Waals surface area contributed by atoms with Crippen LogP contribution in [0.15, 0.2) is 32.7 Å². The van der Waals surface area contributed by atoms with Crippen LogP contribution in [-0.4, -0.2) is 14.9 Å². The van der Waals surface area contributed by atoms with E-state index in [2.05, 4.69) is 5.32 Å². The van der Waals surface area contributed by atoms with Crippen LogP contribution in [0.3, 0.4) is 0 Å². The molecule has 1 atom stereocenters. The van der Waals surface area contributed by atoms with Crippen LogP contribution in [0, 0.1) is 17.1 Å². The molecule has 0 aliphatic carbocycles. The van der Waals surface area contributed by atoms with Crippen molar-refractivity contribution in [1.82, 2.24) is 9.13 Å². The molecule has 124 valence electrons. The van der Waals surface area contributed by atoms with Crippen LogP contribution < -0.4 is 16.6 Å². The molecule has 0 saturated carbocycles. The molecular formula is C16H15FN4O2S. The summed E-state index contributed by atoms with van der Waals surface area (Å²) in [6.07, 6.45) is 0.690. The van der Waals surface area contributed by atoms with E-state index in [1.54, 1.807) is 6.07 Å². The molecule has 1 aliphatic rings. The van der Waals surface area contributed by atoms with Crippen LogP contribution in [0.1, 0.15) is 23.6 Å². The highest BCUT2D eigenvalue weighted by Crippen LogP contribution is 2.39. The van der Waals surface area contributed by atoms with Crippen molar-refractivity contribution in [1.29, 1.82) is 5.26 Å². The molecular weight excluding hydrogens is 331 g/mol. The van der Waals surface area contributed by atoms with Gasteiger partial charge in [0, 0.05) is 24.7 Å². The average Bonchev–Trinajstić information content (AvgIpc) is 2.59. The average molecular weight is 346 g/mol. The van der Waals surface area contributed by atoms with Gasteiger partial charge in [0.05, 0.1) is 6.04 Å². The van der Waals surface area contributed by atoms with Crippen LogP contribution >= 0.6 is 11.8 Å². The molecule has 0 unspecified atom stereocenters. The summed E-state index contributed by atoms with van der Waals surface area (Å²) in [7, 11) is 2.83. The monoisotopic (exact) mass is 346 g/mol. The van der Waals surface area contributed by atoms with Gasteiger partial charge in [-0.1, -0.05) is 12.1 Å². The van der Waals surface area contributed by atoms with Crippen molar-refractivity contribution in [2.75, 3.05) is 11.1 Å². The third-order valence-corrected chi connectivity index (χ3v) is 5.27. The standard InChI is InChI=1S/C16H15FN4O2S/c1-20-14(10(8-18)15(22)21(2)16(20)23)19-12-6-7-24-13-9(12)4-3-5-11(13)17/h3-5,12,19H,6-7H2,1-2H3/t12-/m0/s1. The second-order valence-corrected chi connectivity index (χ2v) is 6.64. The molecule has 1 aromatic carbocycles. The Hall–Kier alpha value is -2.53. The molecule has 0 saturated heterocycles. The second-order valence-electron chi connectivity index (χ2n) is 5.53. The lowest BCUT2D eigenvalue weighted by Crippen LogP contribution is -2.40. The number of halogens is 1. The summed E-state index contributed by atoms with van der Waals surface area (Å²) in [6, 6.07) is 6.43. The van der Waals surface area contributed by atoms with Gasteiger partial charge in [0.2, 0.25) is 0 Å². The Morgan fingerprint density at radius 2 is 2.08 bits per heavy atom. The molecule has 1 aliphatic heterocycles. The van der Waals surface area contributed by atoms with E-state index >= 15 is 0 Å². The fourth-order valence-corrected chi connectivity index (χ4v) is 3.96. The highest BCUT2D eigenvalue weighted by atomic mass is 32.2. The van der Waals surface area contributed by atoms with Crippen molar-refractivity contribution < 1.29 is 4.39 Å². The molecule has 2 aromatic rings. The number of aromatic nitrogens is 2. The maximum Gasteiger partial charge on any atom is 0.332 e. The van der Waals surface area contributed by atoms with Gasteiger partial charge in [-0.15, -0.1) is 11.8 Å². The topological polar surface area (TPSA) is 79.8 Å². The molecule has 6 nitrogen and oxygen atoms in total. The van der Waals surface area contributed by atoms with Gasteiger partial charge in [-0.2, -0.15) is 5.26 Å². The molecule has 8 heteroatoms. The first-order chi connectivity index (χ1) is 11.5. The summed E-state index contributed by atoms with van der Waals surface area (Å²) in [5.41, 5.74) is -0.530. The number of benzene rings is 1. The van der Waals surface area contributed by atoms with E-state index in [4.69, 9.17) is 0 Å². The van der Waals surface area contributed by atoms with Crippen LogP contribution in [-0.2, 0) is 14.1 Å². The summed E-state index contributed by atoms with van der Waals surface area (Å²) in [5.74, 6) is 0.576. The zero-order valence-corrected chi connectivity index (χ0v) is 14.0. The van der Waals surface area contributed by atoms with Crippen LogP contribution in [0.2, 0.25) is 0 Å². The van der Waals surface area contributed by atoms with Crippen LogP contribution in [0.4, 0.5) is 10.2 Å². The molecule has 0 spiro atoms. The summed E-state index contributed by atoms with van der Waals surface area (Å²) >= 11 is 1.44. The third-order valence-electron chi connectivity index (χ3n) is 4.11.